The molecule has 1 unspecified atom stereocenters. The Balaban J connectivity index is 0.00000242. The summed E-state index contributed by atoms with van der Waals surface area (Å²) in [4.78, 5) is 16.9. The zero-order valence-electron chi connectivity index (χ0n) is 13.4. The van der Waals surface area contributed by atoms with Crippen molar-refractivity contribution in [1.29, 1.82) is 0 Å². The lowest BCUT2D eigenvalue weighted by Crippen LogP contribution is -2.51. The summed E-state index contributed by atoms with van der Waals surface area (Å²) in [6, 6.07) is 7.83. The average Bonchev–Trinajstić information content (AvgIpc) is 2.53. The van der Waals surface area contributed by atoms with Gasteiger partial charge in [-0.3, -0.25) is 9.69 Å². The Morgan fingerprint density at radius 2 is 1.82 bits per heavy atom. The minimum Gasteiger partial charge on any atom is -0.350 e. The lowest BCUT2D eigenvalue weighted by Gasteiger charge is -2.36. The van der Waals surface area contributed by atoms with E-state index in [0.717, 1.165) is 31.7 Å². The van der Waals surface area contributed by atoms with Crippen LogP contribution < -0.4 is 11.1 Å². The molecule has 0 radical (unpaired) electrons. The third-order valence-electron chi connectivity index (χ3n) is 4.17. The van der Waals surface area contributed by atoms with Crippen molar-refractivity contribution in [3.8, 4) is 0 Å². The van der Waals surface area contributed by atoms with E-state index in [1.54, 1.807) is 0 Å². The number of nitrogens with zero attached hydrogens (tertiary/aromatic N) is 2. The van der Waals surface area contributed by atoms with Gasteiger partial charge in [-0.25, -0.2) is 0 Å². The summed E-state index contributed by atoms with van der Waals surface area (Å²) in [5.74, 6) is -0.0143. The molecule has 1 atom stereocenters. The van der Waals surface area contributed by atoms with E-state index in [-0.39, 0.29) is 18.3 Å². The Bertz CT molecular complexity index is 458. The van der Waals surface area contributed by atoms with Crippen LogP contribution in [-0.4, -0.2) is 61.5 Å². The Hall–Kier alpha value is -1.14. The van der Waals surface area contributed by atoms with Crippen molar-refractivity contribution in [2.24, 2.45) is 5.73 Å². The number of rotatable bonds is 5. The van der Waals surface area contributed by atoms with Crippen LogP contribution >= 0.6 is 12.4 Å². The van der Waals surface area contributed by atoms with E-state index in [1.165, 1.54) is 0 Å². The summed E-state index contributed by atoms with van der Waals surface area (Å²) >= 11 is 0. The van der Waals surface area contributed by atoms with Gasteiger partial charge in [0, 0.05) is 50.9 Å². The van der Waals surface area contributed by atoms with Crippen LogP contribution in [0.4, 0.5) is 0 Å². The second-order valence-corrected chi connectivity index (χ2v) is 5.80. The van der Waals surface area contributed by atoms with Gasteiger partial charge in [-0.1, -0.05) is 12.1 Å². The maximum atomic E-state index is 12.1. The Kier molecular flexibility index (Phi) is 7.82. The number of halogens is 1. The van der Waals surface area contributed by atoms with Crippen LogP contribution in [0.1, 0.15) is 22.8 Å². The number of nitrogens with two attached hydrogens (primary N) is 1. The van der Waals surface area contributed by atoms with Gasteiger partial charge >= 0.3 is 0 Å². The minimum atomic E-state index is -0.0143. The van der Waals surface area contributed by atoms with Gasteiger partial charge in [-0.2, -0.15) is 0 Å². The molecule has 3 N–H and O–H groups in total. The Labute approximate surface area is 139 Å². The highest BCUT2D eigenvalue weighted by Gasteiger charge is 2.19. The lowest BCUT2D eigenvalue weighted by atomic mass is 10.1. The number of nitrogens with one attached hydrogen (secondary N) is 1. The fraction of sp³-hybridized carbons (Fsp3) is 0.562. The predicted octanol–water partition coefficient (Wildman–Crippen LogP) is 0.933. The summed E-state index contributed by atoms with van der Waals surface area (Å²) < 4.78 is 0. The molecule has 1 saturated heterocycles. The third-order valence-corrected chi connectivity index (χ3v) is 4.17. The number of carbonyl (C=O) groups is 1. The number of hydrogen-bond acceptors (Lipinski definition) is 4. The molecule has 1 aliphatic rings. The summed E-state index contributed by atoms with van der Waals surface area (Å²) in [5, 5.41) is 3.02. The van der Waals surface area contributed by atoms with Gasteiger partial charge in [0.25, 0.3) is 5.91 Å². The van der Waals surface area contributed by atoms with Gasteiger partial charge in [-0.15, -0.1) is 12.4 Å². The van der Waals surface area contributed by atoms with Crippen molar-refractivity contribution in [3.63, 3.8) is 0 Å². The van der Waals surface area contributed by atoms with E-state index in [1.807, 2.05) is 24.3 Å². The van der Waals surface area contributed by atoms with Crippen molar-refractivity contribution in [3.05, 3.63) is 35.4 Å². The van der Waals surface area contributed by atoms with Crippen molar-refractivity contribution in [2.45, 2.75) is 19.5 Å². The molecule has 5 nitrogen and oxygen atoms in total. The molecule has 1 aromatic carbocycles. The lowest BCUT2D eigenvalue weighted by molar-refractivity contribution is 0.0903. The van der Waals surface area contributed by atoms with Crippen molar-refractivity contribution in [1.82, 2.24) is 15.1 Å². The zero-order chi connectivity index (χ0) is 15.2. The second-order valence-electron chi connectivity index (χ2n) is 5.80. The van der Waals surface area contributed by atoms with Crippen molar-refractivity contribution in [2.75, 3.05) is 39.8 Å². The first-order valence-electron chi connectivity index (χ1n) is 7.60. The van der Waals surface area contributed by atoms with Crippen LogP contribution in [0.5, 0.6) is 0 Å². The van der Waals surface area contributed by atoms with Gasteiger partial charge in [0.1, 0.15) is 0 Å². The highest BCUT2D eigenvalue weighted by molar-refractivity contribution is 5.94. The first kappa shape index (κ1) is 18.9. The first-order chi connectivity index (χ1) is 10.1. The molecule has 6 heteroatoms. The topological polar surface area (TPSA) is 61.6 Å². The molecule has 0 bridgehead atoms. The van der Waals surface area contributed by atoms with E-state index < -0.39 is 0 Å². The van der Waals surface area contributed by atoms with E-state index in [2.05, 4.69) is 29.1 Å². The number of piperazine rings is 1. The van der Waals surface area contributed by atoms with Crippen molar-refractivity contribution >= 4 is 18.3 Å². The van der Waals surface area contributed by atoms with E-state index in [9.17, 15) is 4.79 Å². The number of hydrogen-bond donors (Lipinski definition) is 2. The fourth-order valence-electron chi connectivity index (χ4n) is 2.53. The monoisotopic (exact) mass is 326 g/mol. The number of carbonyl (C=O) groups excluding carboxylic acids is 1. The number of benzene rings is 1. The molecule has 2 rings (SSSR count). The maximum absolute atomic E-state index is 12.1. The second kappa shape index (κ2) is 9.10. The largest absolute Gasteiger partial charge is 0.350 e. The highest BCUT2D eigenvalue weighted by atomic mass is 35.5. The molecule has 1 aliphatic heterocycles. The van der Waals surface area contributed by atoms with Crippen LogP contribution in [0.15, 0.2) is 24.3 Å². The molecule has 1 aromatic rings. The molecule has 0 saturated carbocycles. The molecular weight excluding hydrogens is 300 g/mol. The SMILES string of the molecule is CC(CNC(=O)c1ccc(CN)cc1)N1CCN(C)CC1.Cl. The van der Waals surface area contributed by atoms with Gasteiger partial charge < -0.3 is 16.0 Å². The molecule has 22 heavy (non-hydrogen) atoms. The molecule has 0 aliphatic carbocycles. The smallest absolute Gasteiger partial charge is 0.251 e. The standard InChI is InChI=1S/C16H26N4O.ClH/c1-13(20-9-7-19(2)8-10-20)12-18-16(21)15-5-3-14(11-17)4-6-15;/h3-6,13H,7-12,17H2,1-2H3,(H,18,21);1H. The molecule has 124 valence electrons. The average molecular weight is 327 g/mol. The quantitative estimate of drug-likeness (QED) is 0.845. The fourth-order valence-corrected chi connectivity index (χ4v) is 2.53. The van der Waals surface area contributed by atoms with Crippen LogP contribution in [0.2, 0.25) is 0 Å². The third kappa shape index (κ3) is 5.25. The van der Waals surface area contributed by atoms with Gasteiger partial charge in [0.2, 0.25) is 0 Å². The van der Waals surface area contributed by atoms with Gasteiger partial charge in [0.15, 0.2) is 0 Å². The van der Waals surface area contributed by atoms with Crippen LogP contribution in [0.3, 0.4) is 0 Å². The first-order valence-corrected chi connectivity index (χ1v) is 7.60. The summed E-state index contributed by atoms with van der Waals surface area (Å²) in [6.07, 6.45) is 0. The highest BCUT2D eigenvalue weighted by Crippen LogP contribution is 2.06. The maximum Gasteiger partial charge on any atom is 0.251 e. The Morgan fingerprint density at radius 1 is 1.23 bits per heavy atom. The Morgan fingerprint density at radius 3 is 2.36 bits per heavy atom. The van der Waals surface area contributed by atoms with Crippen LogP contribution in [-0.2, 0) is 6.54 Å². The molecule has 0 spiro atoms. The van der Waals surface area contributed by atoms with Crippen molar-refractivity contribution < 1.29 is 4.79 Å². The minimum absolute atomic E-state index is 0. The van der Waals surface area contributed by atoms with E-state index >= 15 is 0 Å². The van der Waals surface area contributed by atoms with E-state index in [0.29, 0.717) is 24.7 Å². The molecular formula is C16H27ClN4O. The van der Waals surface area contributed by atoms with Gasteiger partial charge in [0.05, 0.1) is 0 Å². The number of amides is 1. The molecule has 1 fully saturated rings. The van der Waals surface area contributed by atoms with E-state index in [4.69, 9.17) is 5.73 Å². The predicted molar refractivity (Wildman–Crippen MR) is 92.4 cm³/mol. The molecule has 0 aromatic heterocycles. The number of likely N-dealkylation sites (N-methyl/N-ethyl adjacent to an activating group) is 1. The summed E-state index contributed by atoms with van der Waals surface area (Å²) in [7, 11) is 2.15. The zero-order valence-corrected chi connectivity index (χ0v) is 14.2. The van der Waals surface area contributed by atoms with Crippen LogP contribution in [0.25, 0.3) is 0 Å². The van der Waals surface area contributed by atoms with Crippen LogP contribution in [0, 0.1) is 0 Å². The van der Waals surface area contributed by atoms with Gasteiger partial charge in [-0.05, 0) is 31.7 Å². The normalized spacial score (nSPS) is 17.6. The summed E-state index contributed by atoms with van der Waals surface area (Å²) in [6.45, 7) is 7.68. The summed E-state index contributed by atoms with van der Waals surface area (Å²) in [5.41, 5.74) is 7.29. The molecule has 1 amide bonds. The molecule has 1 heterocycles.